The highest BCUT2D eigenvalue weighted by molar-refractivity contribution is 5.67. The van der Waals surface area contributed by atoms with E-state index in [0.29, 0.717) is 12.5 Å². The molecule has 0 aromatic heterocycles. The number of rotatable bonds is 5. The van der Waals surface area contributed by atoms with Crippen LogP contribution in [0, 0.1) is 5.92 Å². The zero-order chi connectivity index (χ0) is 16.9. The lowest BCUT2D eigenvalue weighted by Crippen LogP contribution is -2.33. The third-order valence-electron chi connectivity index (χ3n) is 3.93. The third-order valence-corrected chi connectivity index (χ3v) is 3.93. The van der Waals surface area contributed by atoms with Crippen LogP contribution in [0.15, 0.2) is 24.3 Å². The Morgan fingerprint density at radius 1 is 1.39 bits per heavy atom. The van der Waals surface area contributed by atoms with Crippen molar-refractivity contribution < 1.29 is 14.3 Å². The minimum absolute atomic E-state index is 0.333. The predicted molar refractivity (Wildman–Crippen MR) is 92.2 cm³/mol. The van der Waals surface area contributed by atoms with Gasteiger partial charge in [-0.2, -0.15) is 0 Å². The fraction of sp³-hybridized carbons (Fsp3) is 0.611. The number of carbonyl (C=O) groups is 1. The van der Waals surface area contributed by atoms with Crippen LogP contribution < -0.4 is 15.0 Å². The molecule has 1 heterocycles. The SMILES string of the molecule is COc1cccc(N2CCC(CCNC(=O)OC(C)(C)C)C2)c1. The first-order valence-corrected chi connectivity index (χ1v) is 8.23. The van der Waals surface area contributed by atoms with Crippen LogP contribution in [0.1, 0.15) is 33.6 Å². The summed E-state index contributed by atoms with van der Waals surface area (Å²) in [7, 11) is 1.69. The maximum Gasteiger partial charge on any atom is 0.407 e. The monoisotopic (exact) mass is 320 g/mol. The Kier molecular flexibility index (Phi) is 5.74. The van der Waals surface area contributed by atoms with Crippen LogP contribution in [0.3, 0.4) is 0 Å². The molecule has 1 fully saturated rings. The van der Waals surface area contributed by atoms with E-state index in [1.54, 1.807) is 7.11 Å². The molecule has 23 heavy (non-hydrogen) atoms. The molecule has 1 aromatic carbocycles. The van der Waals surface area contributed by atoms with Gasteiger partial charge in [-0.15, -0.1) is 0 Å². The Balaban J connectivity index is 1.74. The summed E-state index contributed by atoms with van der Waals surface area (Å²) in [4.78, 5) is 14.0. The Morgan fingerprint density at radius 3 is 2.87 bits per heavy atom. The van der Waals surface area contributed by atoms with Gasteiger partial charge in [-0.25, -0.2) is 4.79 Å². The molecule has 1 N–H and O–H groups in total. The standard InChI is InChI=1S/C18H28N2O3/c1-18(2,3)23-17(21)19-10-8-14-9-11-20(13-14)15-6-5-7-16(12-15)22-4/h5-7,12,14H,8-11,13H2,1-4H3,(H,19,21). The minimum atomic E-state index is -0.444. The van der Waals surface area contributed by atoms with Gasteiger partial charge in [0.15, 0.2) is 0 Å². The van der Waals surface area contributed by atoms with Crippen LogP contribution in [0.25, 0.3) is 0 Å². The molecular formula is C18H28N2O3. The topological polar surface area (TPSA) is 50.8 Å². The van der Waals surface area contributed by atoms with Crippen molar-refractivity contribution in [2.45, 2.75) is 39.2 Å². The van der Waals surface area contributed by atoms with Crippen molar-refractivity contribution in [1.82, 2.24) is 5.32 Å². The Hall–Kier alpha value is -1.91. The number of carbonyl (C=O) groups excluding carboxylic acids is 1. The van der Waals surface area contributed by atoms with Gasteiger partial charge in [0.25, 0.3) is 0 Å². The molecule has 5 heteroatoms. The third kappa shape index (κ3) is 5.66. The number of alkyl carbamates (subject to hydrolysis) is 1. The summed E-state index contributed by atoms with van der Waals surface area (Å²) in [5, 5.41) is 2.84. The van der Waals surface area contributed by atoms with E-state index in [4.69, 9.17) is 9.47 Å². The molecule has 0 radical (unpaired) electrons. The highest BCUT2D eigenvalue weighted by atomic mass is 16.6. The van der Waals surface area contributed by atoms with Gasteiger partial charge in [0.05, 0.1) is 7.11 Å². The maximum absolute atomic E-state index is 11.6. The fourth-order valence-corrected chi connectivity index (χ4v) is 2.80. The summed E-state index contributed by atoms with van der Waals surface area (Å²) in [5.41, 5.74) is 0.757. The molecule has 1 unspecified atom stereocenters. The predicted octanol–water partition coefficient (Wildman–Crippen LogP) is 3.44. The second kappa shape index (κ2) is 7.57. The molecule has 1 saturated heterocycles. The second-order valence-corrected chi connectivity index (χ2v) is 7.02. The molecule has 1 aliphatic rings. The van der Waals surface area contributed by atoms with Crippen LogP contribution in [0.4, 0.5) is 10.5 Å². The highest BCUT2D eigenvalue weighted by Crippen LogP contribution is 2.28. The van der Waals surface area contributed by atoms with E-state index in [0.717, 1.165) is 31.7 Å². The quantitative estimate of drug-likeness (QED) is 0.903. The molecule has 1 atom stereocenters. The molecule has 0 aliphatic carbocycles. The Morgan fingerprint density at radius 2 is 2.17 bits per heavy atom. The zero-order valence-electron chi connectivity index (χ0n) is 14.6. The van der Waals surface area contributed by atoms with Crippen molar-refractivity contribution >= 4 is 11.8 Å². The van der Waals surface area contributed by atoms with E-state index in [-0.39, 0.29) is 6.09 Å². The van der Waals surface area contributed by atoms with Gasteiger partial charge in [0.1, 0.15) is 11.4 Å². The number of methoxy groups -OCH3 is 1. The fourth-order valence-electron chi connectivity index (χ4n) is 2.80. The highest BCUT2D eigenvalue weighted by Gasteiger charge is 2.23. The van der Waals surface area contributed by atoms with Gasteiger partial charge < -0.3 is 19.7 Å². The first-order valence-electron chi connectivity index (χ1n) is 8.23. The smallest absolute Gasteiger partial charge is 0.407 e. The summed E-state index contributed by atoms with van der Waals surface area (Å²) in [6, 6.07) is 8.17. The molecule has 0 bridgehead atoms. The van der Waals surface area contributed by atoms with Crippen molar-refractivity contribution in [1.29, 1.82) is 0 Å². The maximum atomic E-state index is 11.6. The summed E-state index contributed by atoms with van der Waals surface area (Å²) >= 11 is 0. The van der Waals surface area contributed by atoms with Crippen LogP contribution in [-0.2, 0) is 4.74 Å². The first kappa shape index (κ1) is 17.4. The van der Waals surface area contributed by atoms with Gasteiger partial charge >= 0.3 is 6.09 Å². The molecule has 5 nitrogen and oxygen atoms in total. The number of nitrogens with zero attached hydrogens (tertiary/aromatic N) is 1. The van der Waals surface area contributed by atoms with E-state index in [1.807, 2.05) is 32.9 Å². The number of nitrogens with one attached hydrogen (secondary N) is 1. The lowest BCUT2D eigenvalue weighted by atomic mass is 10.1. The first-order chi connectivity index (χ1) is 10.9. The molecular weight excluding hydrogens is 292 g/mol. The number of ether oxygens (including phenoxy) is 2. The zero-order valence-corrected chi connectivity index (χ0v) is 14.6. The van der Waals surface area contributed by atoms with E-state index >= 15 is 0 Å². The lowest BCUT2D eigenvalue weighted by molar-refractivity contribution is 0.0525. The van der Waals surface area contributed by atoms with Crippen LogP contribution in [-0.4, -0.2) is 38.4 Å². The molecule has 1 amide bonds. The van der Waals surface area contributed by atoms with E-state index < -0.39 is 5.60 Å². The van der Waals surface area contributed by atoms with Gasteiger partial charge in [-0.1, -0.05) is 6.07 Å². The number of benzene rings is 1. The molecule has 0 saturated carbocycles. The number of anilines is 1. The molecule has 2 rings (SSSR count). The largest absolute Gasteiger partial charge is 0.497 e. The molecule has 0 spiro atoms. The number of hydrogen-bond acceptors (Lipinski definition) is 4. The normalized spacial score (nSPS) is 17.9. The Labute approximate surface area is 139 Å². The van der Waals surface area contributed by atoms with Gasteiger partial charge in [0, 0.05) is 31.4 Å². The number of hydrogen-bond donors (Lipinski definition) is 1. The van der Waals surface area contributed by atoms with Crippen LogP contribution in [0.5, 0.6) is 5.75 Å². The van der Waals surface area contributed by atoms with E-state index in [9.17, 15) is 4.79 Å². The van der Waals surface area contributed by atoms with Crippen molar-refractivity contribution in [3.8, 4) is 5.75 Å². The lowest BCUT2D eigenvalue weighted by Gasteiger charge is -2.21. The van der Waals surface area contributed by atoms with Crippen molar-refractivity contribution in [3.63, 3.8) is 0 Å². The van der Waals surface area contributed by atoms with Gasteiger partial charge in [0.2, 0.25) is 0 Å². The van der Waals surface area contributed by atoms with Crippen LogP contribution in [0.2, 0.25) is 0 Å². The van der Waals surface area contributed by atoms with Crippen molar-refractivity contribution in [3.05, 3.63) is 24.3 Å². The number of amides is 1. The van der Waals surface area contributed by atoms with E-state index in [2.05, 4.69) is 22.3 Å². The summed E-state index contributed by atoms with van der Waals surface area (Å²) in [6.45, 7) is 8.33. The van der Waals surface area contributed by atoms with Crippen LogP contribution >= 0.6 is 0 Å². The van der Waals surface area contributed by atoms with Gasteiger partial charge in [-0.05, 0) is 51.7 Å². The average Bonchev–Trinajstić information content (AvgIpc) is 2.94. The summed E-state index contributed by atoms with van der Waals surface area (Å²) in [6.07, 6.45) is 1.78. The summed E-state index contributed by atoms with van der Waals surface area (Å²) < 4.78 is 10.5. The Bertz CT molecular complexity index is 525. The van der Waals surface area contributed by atoms with Crippen molar-refractivity contribution in [2.24, 2.45) is 5.92 Å². The molecule has 128 valence electrons. The van der Waals surface area contributed by atoms with Gasteiger partial charge in [-0.3, -0.25) is 0 Å². The average molecular weight is 320 g/mol. The van der Waals surface area contributed by atoms with Crippen molar-refractivity contribution in [2.75, 3.05) is 31.6 Å². The molecule has 1 aromatic rings. The summed E-state index contributed by atoms with van der Waals surface area (Å²) in [5.74, 6) is 1.48. The minimum Gasteiger partial charge on any atom is -0.497 e. The van der Waals surface area contributed by atoms with E-state index in [1.165, 1.54) is 5.69 Å². The molecule has 1 aliphatic heterocycles. The second-order valence-electron chi connectivity index (χ2n) is 7.02.